The lowest BCUT2D eigenvalue weighted by Gasteiger charge is -2.23. The van der Waals surface area contributed by atoms with Crippen LogP contribution in [0.1, 0.15) is 0 Å². The Kier molecular flexibility index (Phi) is 4.31. The molecule has 2 nitrogen and oxygen atoms in total. The Hall–Kier alpha value is -1.42. The van der Waals surface area contributed by atoms with E-state index in [9.17, 15) is 8.78 Å². The molecule has 1 heterocycles. The molecule has 0 saturated carbocycles. The van der Waals surface area contributed by atoms with Crippen LogP contribution in [0.3, 0.4) is 0 Å². The number of rotatable bonds is 5. The molecule has 0 bridgehead atoms. The van der Waals surface area contributed by atoms with Gasteiger partial charge in [-0.15, -0.1) is 11.6 Å². The molecule has 0 aliphatic heterocycles. The summed E-state index contributed by atoms with van der Waals surface area (Å²) >= 11 is 5.67. The van der Waals surface area contributed by atoms with Crippen molar-refractivity contribution in [3.8, 4) is 0 Å². The van der Waals surface area contributed by atoms with Gasteiger partial charge in [-0.1, -0.05) is 24.3 Å². The highest BCUT2D eigenvalue weighted by atomic mass is 35.5. The van der Waals surface area contributed by atoms with Crippen LogP contribution < -0.4 is 4.90 Å². The first kappa shape index (κ1) is 13.0. The summed E-state index contributed by atoms with van der Waals surface area (Å²) in [7, 11) is 0. The largest absolute Gasteiger partial charge is 0.349 e. The molecule has 0 aliphatic carbocycles. The molecule has 2 aromatic rings. The van der Waals surface area contributed by atoms with Crippen LogP contribution in [0, 0.1) is 0 Å². The van der Waals surface area contributed by atoms with Gasteiger partial charge in [0.1, 0.15) is 5.82 Å². The van der Waals surface area contributed by atoms with E-state index >= 15 is 0 Å². The van der Waals surface area contributed by atoms with E-state index in [2.05, 4.69) is 4.98 Å². The van der Waals surface area contributed by atoms with E-state index in [0.717, 1.165) is 10.8 Å². The quantitative estimate of drug-likeness (QED) is 0.773. The number of hydrogen-bond acceptors (Lipinski definition) is 2. The van der Waals surface area contributed by atoms with Crippen molar-refractivity contribution in [1.82, 2.24) is 4.98 Å². The van der Waals surface area contributed by atoms with E-state index in [0.29, 0.717) is 12.4 Å². The van der Waals surface area contributed by atoms with E-state index in [4.69, 9.17) is 11.6 Å². The molecule has 0 unspecified atom stereocenters. The third kappa shape index (κ3) is 2.88. The lowest BCUT2D eigenvalue weighted by Crippen LogP contribution is -2.31. The maximum atomic E-state index is 12.6. The van der Waals surface area contributed by atoms with Gasteiger partial charge in [-0.05, 0) is 11.5 Å². The van der Waals surface area contributed by atoms with Gasteiger partial charge in [0.15, 0.2) is 0 Å². The van der Waals surface area contributed by atoms with E-state index in [-0.39, 0.29) is 12.4 Å². The minimum Gasteiger partial charge on any atom is -0.349 e. The molecule has 0 spiro atoms. The molecule has 0 amide bonds. The van der Waals surface area contributed by atoms with E-state index in [1.54, 1.807) is 6.20 Å². The van der Waals surface area contributed by atoms with Gasteiger partial charge < -0.3 is 4.90 Å². The Bertz CT molecular complexity index is 514. The van der Waals surface area contributed by atoms with Gasteiger partial charge in [-0.3, -0.25) is 0 Å². The van der Waals surface area contributed by atoms with Crippen LogP contribution in [-0.4, -0.2) is 30.4 Å². The van der Waals surface area contributed by atoms with E-state index in [1.807, 2.05) is 30.3 Å². The average Bonchev–Trinajstić information content (AvgIpc) is 2.37. The molecule has 1 aromatic carbocycles. The summed E-state index contributed by atoms with van der Waals surface area (Å²) < 4.78 is 25.2. The maximum Gasteiger partial charge on any atom is 0.255 e. The van der Waals surface area contributed by atoms with Crippen molar-refractivity contribution in [2.45, 2.75) is 6.43 Å². The zero-order valence-corrected chi connectivity index (χ0v) is 10.4. The minimum absolute atomic E-state index is 0.289. The van der Waals surface area contributed by atoms with Crippen molar-refractivity contribution in [3.63, 3.8) is 0 Å². The van der Waals surface area contributed by atoms with Crippen LogP contribution in [0.2, 0.25) is 0 Å². The van der Waals surface area contributed by atoms with Crippen LogP contribution >= 0.6 is 11.6 Å². The average molecular weight is 271 g/mol. The monoisotopic (exact) mass is 270 g/mol. The summed E-state index contributed by atoms with van der Waals surface area (Å²) in [5.41, 5.74) is 0. The third-order valence-corrected chi connectivity index (χ3v) is 2.83. The molecular weight excluding hydrogens is 258 g/mol. The second-order valence-corrected chi connectivity index (χ2v) is 4.26. The number of halogens is 3. The standard InChI is InChI=1S/C13H13ClF2N2/c14-6-8-18(9-12(15)16)13-11-4-2-1-3-10(11)5-7-17-13/h1-5,7,12H,6,8-9H2. The highest BCUT2D eigenvalue weighted by molar-refractivity contribution is 6.18. The topological polar surface area (TPSA) is 16.1 Å². The number of pyridine rings is 1. The van der Waals surface area contributed by atoms with Gasteiger partial charge in [-0.25, -0.2) is 13.8 Å². The summed E-state index contributed by atoms with van der Waals surface area (Å²) in [6.07, 6.45) is -0.779. The van der Waals surface area contributed by atoms with Crippen LogP contribution in [0.4, 0.5) is 14.6 Å². The maximum absolute atomic E-state index is 12.6. The van der Waals surface area contributed by atoms with Gasteiger partial charge in [0.2, 0.25) is 0 Å². The molecule has 5 heteroatoms. The number of benzene rings is 1. The zero-order chi connectivity index (χ0) is 13.0. The summed E-state index contributed by atoms with van der Waals surface area (Å²) in [6.45, 7) is 0.000626. The Morgan fingerprint density at radius 3 is 2.72 bits per heavy atom. The molecule has 0 saturated heterocycles. The molecule has 2 rings (SSSR count). The van der Waals surface area contributed by atoms with Gasteiger partial charge in [0, 0.05) is 24.0 Å². The highest BCUT2D eigenvalue weighted by Gasteiger charge is 2.15. The summed E-state index contributed by atoms with van der Waals surface area (Å²) in [5, 5.41) is 1.85. The van der Waals surface area contributed by atoms with Crippen molar-refractivity contribution in [1.29, 1.82) is 0 Å². The fraction of sp³-hybridized carbons (Fsp3) is 0.308. The zero-order valence-electron chi connectivity index (χ0n) is 9.69. The highest BCUT2D eigenvalue weighted by Crippen LogP contribution is 2.24. The Morgan fingerprint density at radius 1 is 1.22 bits per heavy atom. The predicted octanol–water partition coefficient (Wildman–Crippen LogP) is 3.55. The minimum atomic E-state index is -2.41. The molecule has 0 fully saturated rings. The Labute approximate surface area is 109 Å². The smallest absolute Gasteiger partial charge is 0.255 e. The number of alkyl halides is 3. The summed E-state index contributed by atoms with van der Waals surface area (Å²) in [4.78, 5) is 5.74. The lowest BCUT2D eigenvalue weighted by atomic mass is 10.1. The number of aromatic nitrogens is 1. The van der Waals surface area contributed by atoms with Gasteiger partial charge in [-0.2, -0.15) is 0 Å². The number of anilines is 1. The first-order valence-corrected chi connectivity index (χ1v) is 6.18. The van der Waals surface area contributed by atoms with Gasteiger partial charge in [0.05, 0.1) is 6.54 Å². The third-order valence-electron chi connectivity index (χ3n) is 2.66. The molecule has 0 radical (unpaired) electrons. The number of nitrogens with zero attached hydrogens (tertiary/aromatic N) is 2. The molecule has 0 atom stereocenters. The molecule has 18 heavy (non-hydrogen) atoms. The number of fused-ring (bicyclic) bond motifs is 1. The molecule has 0 aliphatic rings. The lowest BCUT2D eigenvalue weighted by molar-refractivity contribution is 0.155. The second kappa shape index (κ2) is 5.96. The van der Waals surface area contributed by atoms with Crippen LogP contribution in [0.15, 0.2) is 36.5 Å². The SMILES string of the molecule is FC(F)CN(CCCl)c1nccc2ccccc12. The van der Waals surface area contributed by atoms with Crippen molar-refractivity contribution in [2.75, 3.05) is 23.9 Å². The molecule has 96 valence electrons. The molecule has 0 N–H and O–H groups in total. The summed E-state index contributed by atoms with van der Waals surface area (Å²) in [5.74, 6) is 0.853. The van der Waals surface area contributed by atoms with Crippen LogP contribution in [0.25, 0.3) is 10.8 Å². The van der Waals surface area contributed by atoms with Crippen LogP contribution in [-0.2, 0) is 0 Å². The van der Waals surface area contributed by atoms with E-state index < -0.39 is 6.43 Å². The molecule has 1 aromatic heterocycles. The Morgan fingerprint density at radius 2 is 2.00 bits per heavy atom. The molecular formula is C13H13ClF2N2. The first-order chi connectivity index (χ1) is 8.72. The van der Waals surface area contributed by atoms with Crippen molar-refractivity contribution in [3.05, 3.63) is 36.5 Å². The summed E-state index contributed by atoms with van der Waals surface area (Å²) in [6, 6.07) is 9.45. The second-order valence-electron chi connectivity index (χ2n) is 3.88. The fourth-order valence-corrected chi connectivity index (χ4v) is 2.11. The van der Waals surface area contributed by atoms with Crippen molar-refractivity contribution in [2.24, 2.45) is 0 Å². The fourth-order valence-electron chi connectivity index (χ4n) is 1.91. The Balaban J connectivity index is 2.43. The van der Waals surface area contributed by atoms with Gasteiger partial charge >= 0.3 is 0 Å². The van der Waals surface area contributed by atoms with Crippen LogP contribution in [0.5, 0.6) is 0 Å². The predicted molar refractivity (Wildman–Crippen MR) is 70.7 cm³/mol. The number of hydrogen-bond donors (Lipinski definition) is 0. The van der Waals surface area contributed by atoms with E-state index in [1.165, 1.54) is 4.90 Å². The van der Waals surface area contributed by atoms with Crippen molar-refractivity contribution >= 4 is 28.2 Å². The van der Waals surface area contributed by atoms with Crippen molar-refractivity contribution < 1.29 is 8.78 Å². The van der Waals surface area contributed by atoms with Gasteiger partial charge in [0.25, 0.3) is 6.43 Å². The first-order valence-electron chi connectivity index (χ1n) is 5.65. The normalized spacial score (nSPS) is 11.1.